The average molecular weight is 750 g/mol. The highest BCUT2D eigenvalue weighted by molar-refractivity contribution is 7.89. The van der Waals surface area contributed by atoms with Crippen LogP contribution in [0.2, 0.25) is 0 Å². The summed E-state index contributed by atoms with van der Waals surface area (Å²) < 4.78 is 56.5. The maximum Gasteiger partial charge on any atom is 0.303 e. The number of primary sulfonamides is 1. The van der Waals surface area contributed by atoms with Gasteiger partial charge < -0.3 is 15.3 Å². The predicted octanol–water partition coefficient (Wildman–Crippen LogP) is 8.22. The zero-order valence-corrected chi connectivity index (χ0v) is 31.8. The van der Waals surface area contributed by atoms with E-state index in [0.29, 0.717) is 38.6 Å². The Hall–Kier alpha value is -4.23. The second kappa shape index (κ2) is 17.5. The molecule has 0 fully saturated rings. The fraction of sp³-hybridized carbons (Fsp3) is 0.375. The fourth-order valence-electron chi connectivity index (χ4n) is 6.85. The largest absolute Gasteiger partial charge is 0.481 e. The number of nitrogens with one attached hydrogen (secondary N) is 1. The number of sulfonamides is 1. The molecule has 0 amide bonds. The minimum absolute atomic E-state index is 0.0574. The maximum absolute atomic E-state index is 12.2. The summed E-state index contributed by atoms with van der Waals surface area (Å²) in [5.74, 6) is -1.09. The van der Waals surface area contributed by atoms with Gasteiger partial charge in [-0.3, -0.25) is 9.35 Å². The third-order valence-electron chi connectivity index (χ3n) is 9.66. The summed E-state index contributed by atoms with van der Waals surface area (Å²) in [7, 11) is -7.93. The van der Waals surface area contributed by atoms with Crippen molar-refractivity contribution in [3.8, 4) is 0 Å². The lowest BCUT2D eigenvalue weighted by molar-refractivity contribution is -0.137. The lowest BCUT2D eigenvalue weighted by atomic mass is 9.74. The molecule has 1 aliphatic heterocycles. The molecule has 0 bridgehead atoms. The summed E-state index contributed by atoms with van der Waals surface area (Å²) in [6.07, 6.45) is 14.6. The molecule has 1 heterocycles. The molecule has 0 aromatic heterocycles. The number of carboxylic acids is 1. The van der Waals surface area contributed by atoms with Gasteiger partial charge in [-0.15, -0.1) is 0 Å². The van der Waals surface area contributed by atoms with Crippen LogP contribution < -0.4 is 15.4 Å². The molecule has 10 nitrogen and oxygen atoms in total. The third-order valence-corrected chi connectivity index (χ3v) is 11.4. The van der Waals surface area contributed by atoms with E-state index in [9.17, 15) is 26.2 Å². The molecule has 0 aliphatic carbocycles. The van der Waals surface area contributed by atoms with Crippen LogP contribution in [0.15, 0.2) is 114 Å². The highest BCUT2D eigenvalue weighted by atomic mass is 32.2. The first-order chi connectivity index (χ1) is 24.5. The second-order valence-electron chi connectivity index (χ2n) is 14.1. The maximum atomic E-state index is 12.2. The molecule has 4 rings (SSSR count). The summed E-state index contributed by atoms with van der Waals surface area (Å²) in [6.45, 7) is 6.91. The van der Waals surface area contributed by atoms with E-state index in [2.05, 4.69) is 29.3 Å². The smallest absolute Gasteiger partial charge is 0.303 e. The van der Waals surface area contributed by atoms with E-state index < -0.39 is 31.5 Å². The third kappa shape index (κ3) is 11.1. The number of carboxylic acid groups (broad SMARTS) is 1. The van der Waals surface area contributed by atoms with Crippen LogP contribution in [0.4, 0.5) is 17.1 Å². The normalized spacial score (nSPS) is 16.4. The Morgan fingerprint density at radius 3 is 2.31 bits per heavy atom. The Kier molecular flexibility index (Phi) is 13.7. The lowest BCUT2D eigenvalue weighted by Crippen LogP contribution is -2.27. The van der Waals surface area contributed by atoms with Crippen molar-refractivity contribution in [2.45, 2.75) is 87.9 Å². The van der Waals surface area contributed by atoms with E-state index in [1.54, 1.807) is 12.1 Å². The number of hydrogen-bond donors (Lipinski definition) is 4. The van der Waals surface area contributed by atoms with Crippen molar-refractivity contribution in [2.75, 3.05) is 22.5 Å². The number of allylic oxidation sites excluding steroid dienone is 6. The molecule has 1 atom stereocenters. The van der Waals surface area contributed by atoms with E-state index in [1.807, 2.05) is 86.7 Å². The van der Waals surface area contributed by atoms with Crippen LogP contribution >= 0.6 is 0 Å². The molecular weight excluding hydrogens is 699 g/mol. The van der Waals surface area contributed by atoms with Gasteiger partial charge in [0.1, 0.15) is 0 Å². The van der Waals surface area contributed by atoms with Gasteiger partial charge in [0, 0.05) is 41.1 Å². The molecule has 5 N–H and O–H groups in total. The minimum Gasteiger partial charge on any atom is -0.481 e. The van der Waals surface area contributed by atoms with Gasteiger partial charge in [-0.2, -0.15) is 8.42 Å². The van der Waals surface area contributed by atoms with Gasteiger partial charge in [0.05, 0.1) is 10.6 Å². The number of benzene rings is 3. The molecule has 3 aromatic carbocycles. The number of anilines is 3. The summed E-state index contributed by atoms with van der Waals surface area (Å²) in [6, 6.07) is 23.0. The molecule has 52 heavy (non-hydrogen) atoms. The first kappa shape index (κ1) is 40.5. The van der Waals surface area contributed by atoms with E-state index in [1.165, 1.54) is 6.07 Å². The van der Waals surface area contributed by atoms with Gasteiger partial charge in [-0.1, -0.05) is 94.3 Å². The van der Waals surface area contributed by atoms with Gasteiger partial charge in [-0.25, -0.2) is 13.6 Å². The molecule has 0 spiro atoms. The molecule has 0 radical (unpaired) electrons. The van der Waals surface area contributed by atoms with Crippen LogP contribution in [0.25, 0.3) is 0 Å². The summed E-state index contributed by atoms with van der Waals surface area (Å²) >= 11 is 0. The second-order valence-corrected chi connectivity index (χ2v) is 17.2. The van der Waals surface area contributed by atoms with Crippen molar-refractivity contribution >= 4 is 43.2 Å². The zero-order chi connectivity index (χ0) is 38.0. The molecule has 0 saturated heterocycles. The molecule has 1 unspecified atom stereocenters. The SMILES string of the molecule is CC(C/C=C/C=C/C=C1/N(CCCCCC(=O)O)c2ccc(S(N)(=O)=O)cc2C1(C)C)(CCCCS(=O)(=O)O)c1ccccc1Nc1ccccc1. The average Bonchev–Trinajstić information content (AvgIpc) is 3.29. The molecule has 12 heteroatoms. The Morgan fingerprint density at radius 1 is 0.904 bits per heavy atom. The van der Waals surface area contributed by atoms with E-state index >= 15 is 0 Å². The zero-order valence-electron chi connectivity index (χ0n) is 30.2. The number of para-hydroxylation sites is 2. The predicted molar refractivity (Wildman–Crippen MR) is 209 cm³/mol. The summed E-state index contributed by atoms with van der Waals surface area (Å²) in [5.41, 5.74) is 4.89. The molecule has 3 aromatic rings. The van der Waals surface area contributed by atoms with Crippen LogP contribution in [0, 0.1) is 0 Å². The van der Waals surface area contributed by atoms with Crippen molar-refractivity contribution in [3.05, 3.63) is 120 Å². The highest BCUT2D eigenvalue weighted by Crippen LogP contribution is 2.48. The monoisotopic (exact) mass is 749 g/mol. The summed E-state index contributed by atoms with van der Waals surface area (Å²) in [4.78, 5) is 13.2. The van der Waals surface area contributed by atoms with Crippen LogP contribution in [0.1, 0.15) is 83.3 Å². The number of fused-ring (bicyclic) bond motifs is 1. The van der Waals surface area contributed by atoms with Crippen molar-refractivity contribution in [1.82, 2.24) is 0 Å². The van der Waals surface area contributed by atoms with Gasteiger partial charge in [-0.05, 0) is 91.1 Å². The lowest BCUT2D eigenvalue weighted by Gasteiger charge is -2.32. The number of aliphatic carboxylic acids is 1. The molecule has 0 saturated carbocycles. The Morgan fingerprint density at radius 2 is 1.62 bits per heavy atom. The van der Waals surface area contributed by atoms with Crippen molar-refractivity contribution in [1.29, 1.82) is 0 Å². The van der Waals surface area contributed by atoms with Crippen LogP contribution in [-0.2, 0) is 35.8 Å². The quantitative estimate of drug-likeness (QED) is 0.0536. The van der Waals surface area contributed by atoms with Crippen molar-refractivity contribution in [2.24, 2.45) is 5.14 Å². The number of rotatable bonds is 19. The highest BCUT2D eigenvalue weighted by Gasteiger charge is 2.40. The van der Waals surface area contributed by atoms with Crippen molar-refractivity contribution < 1.29 is 31.3 Å². The Labute approximate surface area is 308 Å². The molecular formula is C40H51N3O7S2. The fourth-order valence-corrected chi connectivity index (χ4v) is 7.96. The number of hydrogen-bond acceptors (Lipinski definition) is 7. The van der Waals surface area contributed by atoms with Gasteiger partial charge in [0.15, 0.2) is 0 Å². The first-order valence-corrected chi connectivity index (χ1v) is 20.7. The first-order valence-electron chi connectivity index (χ1n) is 17.6. The summed E-state index contributed by atoms with van der Waals surface area (Å²) in [5, 5.41) is 18.1. The standard InChI is InChI=1S/C40H51N3O7S2/c1-39(2)34-30-32(52(41,49)50)24-25-36(34)43(28-16-7-11-23-38(44)45)37(39)22-10-4-5-14-26-40(3,27-15-17-29-51(46,47)48)33-20-12-13-21-35(33)42-31-18-8-6-9-19-31/h4-6,8-10,12-14,18-22,24-25,30,42H,7,11,15-17,23,26-29H2,1-3H3,(H,44,45)(H2,41,49,50)(H,46,47,48)/b10-4+,14-5+,37-22+. The van der Waals surface area contributed by atoms with Gasteiger partial charge in [0.25, 0.3) is 10.1 Å². The minimum atomic E-state index is -4.04. The number of nitrogens with zero attached hydrogens (tertiary/aromatic N) is 1. The number of unbranched alkanes of at least 4 members (excludes halogenated alkanes) is 3. The van der Waals surface area contributed by atoms with Gasteiger partial charge in [0.2, 0.25) is 10.0 Å². The van der Waals surface area contributed by atoms with Crippen LogP contribution in [0.3, 0.4) is 0 Å². The number of nitrogens with two attached hydrogens (primary N) is 1. The topological polar surface area (TPSA) is 167 Å². The van der Waals surface area contributed by atoms with Crippen LogP contribution in [-0.4, -0.2) is 44.8 Å². The Bertz CT molecular complexity index is 2010. The van der Waals surface area contributed by atoms with E-state index in [4.69, 9.17) is 10.2 Å². The van der Waals surface area contributed by atoms with Crippen LogP contribution in [0.5, 0.6) is 0 Å². The molecule has 1 aliphatic rings. The van der Waals surface area contributed by atoms with E-state index in [0.717, 1.165) is 46.7 Å². The van der Waals surface area contributed by atoms with E-state index in [-0.39, 0.29) is 22.5 Å². The van der Waals surface area contributed by atoms with Gasteiger partial charge >= 0.3 is 5.97 Å². The van der Waals surface area contributed by atoms with Crippen molar-refractivity contribution in [3.63, 3.8) is 0 Å². The number of carbonyl (C=O) groups is 1. The molecule has 280 valence electrons. The Balaban J connectivity index is 1.57.